The fraction of sp³-hybridized carbons (Fsp3) is 0.0303. The number of rotatable bonds is 8. The Balaban J connectivity index is 1.07. The van der Waals surface area contributed by atoms with Crippen molar-refractivity contribution in [2.24, 2.45) is 0 Å². The number of hydrogen-bond donors (Lipinski definition) is 0. The van der Waals surface area contributed by atoms with Gasteiger partial charge >= 0.3 is 0 Å². The molecule has 3 heteroatoms. The summed E-state index contributed by atoms with van der Waals surface area (Å²) in [5, 5.41) is 14.5. The topological polar surface area (TPSA) is 19.6 Å². The molecule has 0 atom stereocenters. The molecule has 0 radical (unpaired) electrons. The van der Waals surface area contributed by atoms with Crippen LogP contribution in [0.4, 0.5) is 34.1 Å². The Hall–Kier alpha value is -8.92. The van der Waals surface area contributed by atoms with E-state index in [0.717, 1.165) is 61.8 Å². The molecule has 14 rings (SSSR count). The Labute approximate surface area is 400 Å². The second kappa shape index (κ2) is 15.3. The monoisotopic (exact) mass is 880 g/mol. The zero-order valence-electron chi connectivity index (χ0n) is 38.2. The lowest BCUT2D eigenvalue weighted by molar-refractivity contribution is 0.669. The van der Waals surface area contributed by atoms with Gasteiger partial charge in [0.15, 0.2) is 0 Å². The lowest BCUT2D eigenvalue weighted by Crippen LogP contribution is -2.13. The molecule has 69 heavy (non-hydrogen) atoms. The molecule has 0 saturated heterocycles. The summed E-state index contributed by atoms with van der Waals surface area (Å²) in [5.41, 5.74) is 15.5. The van der Waals surface area contributed by atoms with Crippen molar-refractivity contribution in [3.05, 3.63) is 242 Å². The minimum absolute atomic E-state index is 0.885. The van der Waals surface area contributed by atoms with Crippen LogP contribution in [0.15, 0.2) is 235 Å². The minimum Gasteiger partial charge on any atom is -0.456 e. The van der Waals surface area contributed by atoms with E-state index in [9.17, 15) is 0 Å². The molecule has 0 aliphatic carbocycles. The molecule has 324 valence electrons. The van der Waals surface area contributed by atoms with Crippen molar-refractivity contribution in [2.45, 2.75) is 13.8 Å². The Bertz CT molecular complexity index is 4280. The van der Waals surface area contributed by atoms with E-state index in [0.29, 0.717) is 0 Å². The van der Waals surface area contributed by atoms with Gasteiger partial charge in [0.25, 0.3) is 0 Å². The van der Waals surface area contributed by atoms with Crippen molar-refractivity contribution in [1.29, 1.82) is 0 Å². The first-order chi connectivity index (χ1) is 34.1. The van der Waals surface area contributed by atoms with Gasteiger partial charge in [0.2, 0.25) is 0 Å². The Morgan fingerprint density at radius 2 is 0.768 bits per heavy atom. The largest absolute Gasteiger partial charge is 0.456 e. The van der Waals surface area contributed by atoms with Crippen molar-refractivity contribution >= 4 is 110 Å². The molecule has 1 aromatic heterocycles. The SMILES string of the molecule is Cc1cc(N(c2ccc3ccccc3c2)c2ccccc2-c2ccccc2)c2ccc3c(C)cc(N(c4cc5ccc6cccc7oc(c4)c5c67)c4ccccc4-c4ccccc4)c4ccc1c2c34. The third-order valence-electron chi connectivity index (χ3n) is 14.5. The molecule has 0 aliphatic heterocycles. The summed E-state index contributed by atoms with van der Waals surface area (Å²) < 4.78 is 6.75. The Morgan fingerprint density at radius 3 is 1.41 bits per heavy atom. The number of fused-ring (bicyclic) bond motifs is 1. The number of benzene rings is 13. The highest BCUT2D eigenvalue weighted by molar-refractivity contribution is 6.30. The standard InChI is InChI=1S/C66H44N2O/c1-41-36-59(67(49-31-30-43-16-9-10-21-47(43)38-49)57-25-13-11-23-53(57)44-17-5-3-6-18-44)55-34-32-52-42(2)37-60(56-35-33-51(41)65(55)66(52)56)68(58-26-14-12-24-54(58)45-19-7-4-8-20-45)50-39-48-29-28-46-22-15-27-61-63(46)64(48)62(40-50)69-61/h3-40H,1-2H3. The summed E-state index contributed by atoms with van der Waals surface area (Å²) in [6.07, 6.45) is 0. The molecule has 0 saturated carbocycles. The molecular weight excluding hydrogens is 837 g/mol. The van der Waals surface area contributed by atoms with Crippen molar-refractivity contribution in [1.82, 2.24) is 0 Å². The van der Waals surface area contributed by atoms with E-state index < -0.39 is 0 Å². The summed E-state index contributed by atoms with van der Waals surface area (Å²) in [6, 6.07) is 84.5. The first kappa shape index (κ1) is 39.3. The molecule has 13 aromatic carbocycles. The van der Waals surface area contributed by atoms with Crippen LogP contribution in [0.25, 0.3) is 98.1 Å². The van der Waals surface area contributed by atoms with Crippen LogP contribution in [0, 0.1) is 13.8 Å². The highest BCUT2D eigenvalue weighted by Gasteiger charge is 2.27. The van der Waals surface area contributed by atoms with Gasteiger partial charge in [-0.2, -0.15) is 0 Å². The predicted molar refractivity (Wildman–Crippen MR) is 293 cm³/mol. The van der Waals surface area contributed by atoms with Gasteiger partial charge in [-0.25, -0.2) is 0 Å². The van der Waals surface area contributed by atoms with Gasteiger partial charge < -0.3 is 14.2 Å². The van der Waals surface area contributed by atoms with E-state index in [1.165, 1.54) is 81.5 Å². The molecule has 0 unspecified atom stereocenters. The second-order valence-corrected chi connectivity index (χ2v) is 18.5. The lowest BCUT2D eigenvalue weighted by Gasteiger charge is -2.32. The van der Waals surface area contributed by atoms with Crippen molar-refractivity contribution in [2.75, 3.05) is 9.80 Å². The van der Waals surface area contributed by atoms with Gasteiger partial charge in [-0.05, 0) is 128 Å². The van der Waals surface area contributed by atoms with Crippen LogP contribution in [0.1, 0.15) is 11.1 Å². The maximum Gasteiger partial charge on any atom is 0.138 e. The first-order valence-corrected chi connectivity index (χ1v) is 23.8. The van der Waals surface area contributed by atoms with Crippen molar-refractivity contribution in [3.63, 3.8) is 0 Å². The smallest absolute Gasteiger partial charge is 0.138 e. The van der Waals surface area contributed by atoms with Gasteiger partial charge in [-0.15, -0.1) is 0 Å². The zero-order chi connectivity index (χ0) is 45.7. The summed E-state index contributed by atoms with van der Waals surface area (Å²) >= 11 is 0. The van der Waals surface area contributed by atoms with Gasteiger partial charge in [-0.1, -0.05) is 176 Å². The highest BCUT2D eigenvalue weighted by atomic mass is 16.3. The van der Waals surface area contributed by atoms with Crippen LogP contribution in [-0.4, -0.2) is 0 Å². The van der Waals surface area contributed by atoms with Crippen LogP contribution in [-0.2, 0) is 0 Å². The van der Waals surface area contributed by atoms with E-state index in [1.54, 1.807) is 0 Å². The molecular formula is C66H44N2O. The molecule has 0 amide bonds. The molecule has 14 aromatic rings. The summed E-state index contributed by atoms with van der Waals surface area (Å²) in [7, 11) is 0. The van der Waals surface area contributed by atoms with Gasteiger partial charge in [0.05, 0.1) is 28.4 Å². The molecule has 1 heterocycles. The van der Waals surface area contributed by atoms with E-state index >= 15 is 0 Å². The fourth-order valence-electron chi connectivity index (χ4n) is 11.4. The van der Waals surface area contributed by atoms with Crippen LogP contribution in [0.5, 0.6) is 0 Å². The fourth-order valence-corrected chi connectivity index (χ4v) is 11.4. The van der Waals surface area contributed by atoms with Gasteiger partial charge in [0.1, 0.15) is 11.2 Å². The molecule has 0 spiro atoms. The molecule has 0 aliphatic rings. The van der Waals surface area contributed by atoms with E-state index in [1.807, 2.05) is 0 Å². The average molecular weight is 881 g/mol. The van der Waals surface area contributed by atoms with Crippen LogP contribution >= 0.6 is 0 Å². The average Bonchev–Trinajstić information content (AvgIpc) is 3.79. The summed E-state index contributed by atoms with van der Waals surface area (Å²) in [6.45, 7) is 4.55. The van der Waals surface area contributed by atoms with E-state index in [4.69, 9.17) is 4.42 Å². The van der Waals surface area contributed by atoms with Crippen LogP contribution in [0.3, 0.4) is 0 Å². The lowest BCUT2D eigenvalue weighted by atomic mass is 9.88. The number of anilines is 6. The minimum atomic E-state index is 0.885. The van der Waals surface area contributed by atoms with E-state index in [2.05, 4.69) is 254 Å². The number of nitrogens with zero attached hydrogens (tertiary/aromatic N) is 2. The summed E-state index contributed by atoms with van der Waals surface area (Å²) in [4.78, 5) is 4.98. The van der Waals surface area contributed by atoms with Crippen LogP contribution in [0.2, 0.25) is 0 Å². The highest BCUT2D eigenvalue weighted by Crippen LogP contribution is 2.52. The Kier molecular flexibility index (Phi) is 8.71. The normalized spacial score (nSPS) is 11.9. The quantitative estimate of drug-likeness (QED) is 0.142. The van der Waals surface area contributed by atoms with Crippen LogP contribution < -0.4 is 9.80 Å². The predicted octanol–water partition coefficient (Wildman–Crippen LogP) is 19.1. The van der Waals surface area contributed by atoms with Crippen molar-refractivity contribution in [3.8, 4) is 22.3 Å². The number of para-hydroxylation sites is 2. The first-order valence-electron chi connectivity index (χ1n) is 23.8. The molecule has 3 nitrogen and oxygen atoms in total. The van der Waals surface area contributed by atoms with Gasteiger partial charge in [0, 0.05) is 44.4 Å². The third kappa shape index (κ3) is 6.07. The Morgan fingerprint density at radius 1 is 0.290 bits per heavy atom. The zero-order valence-corrected chi connectivity index (χ0v) is 38.2. The molecule has 0 fully saturated rings. The third-order valence-corrected chi connectivity index (χ3v) is 14.5. The number of hydrogen-bond acceptors (Lipinski definition) is 3. The maximum absolute atomic E-state index is 6.75. The van der Waals surface area contributed by atoms with Crippen molar-refractivity contribution < 1.29 is 4.42 Å². The number of aryl methyl sites for hydroxylation is 2. The summed E-state index contributed by atoms with van der Waals surface area (Å²) in [5.74, 6) is 0. The van der Waals surface area contributed by atoms with E-state index in [-0.39, 0.29) is 0 Å². The number of furan rings is 1. The second-order valence-electron chi connectivity index (χ2n) is 18.5. The maximum atomic E-state index is 6.75. The molecule has 0 N–H and O–H groups in total. The molecule has 0 bridgehead atoms. The van der Waals surface area contributed by atoms with Gasteiger partial charge in [-0.3, -0.25) is 0 Å².